The molecule has 0 spiro atoms. The van der Waals surface area contributed by atoms with E-state index in [1.54, 1.807) is 12.3 Å². The van der Waals surface area contributed by atoms with E-state index in [1.165, 1.54) is 13.2 Å². The van der Waals surface area contributed by atoms with Gasteiger partial charge >= 0.3 is 0 Å². The number of hydrogen-bond donors (Lipinski definition) is 1. The lowest BCUT2D eigenvalue weighted by Gasteiger charge is -2.14. The fourth-order valence-corrected chi connectivity index (χ4v) is 2.07. The predicted molar refractivity (Wildman–Crippen MR) is 72.6 cm³/mol. The summed E-state index contributed by atoms with van der Waals surface area (Å²) in [5.74, 6) is -0.128. The molecule has 0 saturated carbocycles. The number of methoxy groups -OCH3 is 1. The van der Waals surface area contributed by atoms with Crippen molar-refractivity contribution in [1.29, 1.82) is 0 Å². The lowest BCUT2D eigenvalue weighted by molar-refractivity contribution is 0.386. The van der Waals surface area contributed by atoms with E-state index >= 15 is 0 Å². The molecule has 1 atom stereocenters. The molecule has 1 heterocycles. The molecule has 1 aromatic carbocycles. The molecule has 4 heteroatoms. The van der Waals surface area contributed by atoms with Crippen LogP contribution in [0, 0.1) is 12.7 Å². The molecular formula is C15H17FN2O. The van der Waals surface area contributed by atoms with Gasteiger partial charge in [-0.3, -0.25) is 4.98 Å². The monoisotopic (exact) mass is 260 g/mol. The van der Waals surface area contributed by atoms with E-state index in [-0.39, 0.29) is 17.6 Å². The van der Waals surface area contributed by atoms with Gasteiger partial charge in [0.15, 0.2) is 11.6 Å². The summed E-state index contributed by atoms with van der Waals surface area (Å²) in [5, 5.41) is 0. The number of nitrogens with two attached hydrogens (primary N) is 1. The summed E-state index contributed by atoms with van der Waals surface area (Å²) in [6.45, 7) is 1.97. The van der Waals surface area contributed by atoms with Crippen LogP contribution in [0.25, 0.3) is 0 Å². The van der Waals surface area contributed by atoms with Crippen molar-refractivity contribution in [2.24, 2.45) is 5.73 Å². The lowest BCUT2D eigenvalue weighted by atomic mass is 10.0. The minimum Gasteiger partial charge on any atom is -0.494 e. The van der Waals surface area contributed by atoms with Gasteiger partial charge in [0.1, 0.15) is 0 Å². The topological polar surface area (TPSA) is 48.1 Å². The van der Waals surface area contributed by atoms with Crippen LogP contribution in [0.4, 0.5) is 4.39 Å². The van der Waals surface area contributed by atoms with Gasteiger partial charge in [0.25, 0.3) is 0 Å². The van der Waals surface area contributed by atoms with Crippen molar-refractivity contribution in [3.63, 3.8) is 0 Å². The van der Waals surface area contributed by atoms with Gasteiger partial charge in [-0.15, -0.1) is 0 Å². The first kappa shape index (κ1) is 13.5. The van der Waals surface area contributed by atoms with E-state index < -0.39 is 0 Å². The van der Waals surface area contributed by atoms with Crippen LogP contribution in [0.2, 0.25) is 0 Å². The minimum absolute atomic E-state index is 0.242. The normalized spacial score (nSPS) is 12.2. The first-order valence-corrected chi connectivity index (χ1v) is 6.11. The molecule has 0 fully saturated rings. The van der Waals surface area contributed by atoms with Crippen LogP contribution < -0.4 is 10.5 Å². The summed E-state index contributed by atoms with van der Waals surface area (Å²) in [6.07, 6.45) is 2.26. The van der Waals surface area contributed by atoms with E-state index in [0.29, 0.717) is 6.42 Å². The fourth-order valence-electron chi connectivity index (χ4n) is 2.07. The number of aryl methyl sites for hydroxylation is 1. The number of benzene rings is 1. The smallest absolute Gasteiger partial charge is 0.165 e. The Bertz CT molecular complexity index is 572. The third-order valence-corrected chi connectivity index (χ3v) is 3.07. The molecule has 3 nitrogen and oxygen atoms in total. The van der Waals surface area contributed by atoms with Crippen LogP contribution in [0.15, 0.2) is 36.5 Å². The zero-order valence-electron chi connectivity index (χ0n) is 11.1. The standard InChI is InChI=1S/C15H17FN2O/c1-10-4-3-7-18-15(10)13(17)9-11-5-6-14(19-2)12(16)8-11/h3-8,13H,9,17H2,1-2H3. The molecule has 0 bridgehead atoms. The van der Waals surface area contributed by atoms with Crippen molar-refractivity contribution in [2.45, 2.75) is 19.4 Å². The van der Waals surface area contributed by atoms with E-state index in [4.69, 9.17) is 10.5 Å². The molecule has 100 valence electrons. The molecule has 0 saturated heterocycles. The fraction of sp³-hybridized carbons (Fsp3) is 0.267. The highest BCUT2D eigenvalue weighted by molar-refractivity contribution is 5.31. The number of aromatic nitrogens is 1. The third kappa shape index (κ3) is 3.09. The van der Waals surface area contributed by atoms with E-state index in [1.807, 2.05) is 25.1 Å². The molecule has 1 aromatic heterocycles. The summed E-state index contributed by atoms with van der Waals surface area (Å²) in [5.41, 5.74) is 8.85. The van der Waals surface area contributed by atoms with Gasteiger partial charge in [0.2, 0.25) is 0 Å². The number of ether oxygens (including phenoxy) is 1. The van der Waals surface area contributed by atoms with Gasteiger partial charge in [-0.05, 0) is 42.7 Å². The summed E-state index contributed by atoms with van der Waals surface area (Å²) >= 11 is 0. The number of nitrogens with zero attached hydrogens (tertiary/aromatic N) is 1. The molecule has 0 aliphatic heterocycles. The number of halogens is 1. The molecule has 2 aromatic rings. The second-order valence-corrected chi connectivity index (χ2v) is 4.49. The summed E-state index contributed by atoms with van der Waals surface area (Å²) in [6, 6.07) is 8.49. The predicted octanol–water partition coefficient (Wildman–Crippen LogP) is 2.78. The Hall–Kier alpha value is -1.94. The van der Waals surface area contributed by atoms with Gasteiger partial charge < -0.3 is 10.5 Å². The van der Waals surface area contributed by atoms with Crippen LogP contribution in [0.3, 0.4) is 0 Å². The van der Waals surface area contributed by atoms with Crippen molar-refractivity contribution in [1.82, 2.24) is 4.98 Å². The second-order valence-electron chi connectivity index (χ2n) is 4.49. The Kier molecular flexibility index (Phi) is 4.12. The molecule has 19 heavy (non-hydrogen) atoms. The summed E-state index contributed by atoms with van der Waals surface area (Å²) in [7, 11) is 1.45. The zero-order chi connectivity index (χ0) is 13.8. The molecule has 2 N–H and O–H groups in total. The highest BCUT2D eigenvalue weighted by atomic mass is 19.1. The molecule has 0 aliphatic carbocycles. The lowest BCUT2D eigenvalue weighted by Crippen LogP contribution is -2.16. The van der Waals surface area contributed by atoms with E-state index in [9.17, 15) is 4.39 Å². The van der Waals surface area contributed by atoms with Crippen molar-refractivity contribution < 1.29 is 9.13 Å². The van der Waals surface area contributed by atoms with Crippen molar-refractivity contribution >= 4 is 0 Å². The summed E-state index contributed by atoms with van der Waals surface area (Å²) in [4.78, 5) is 4.29. The van der Waals surface area contributed by atoms with Gasteiger partial charge in [0.05, 0.1) is 18.8 Å². The Balaban J connectivity index is 2.17. The Morgan fingerprint density at radius 2 is 2.16 bits per heavy atom. The Morgan fingerprint density at radius 3 is 2.79 bits per heavy atom. The second kappa shape index (κ2) is 5.80. The summed E-state index contributed by atoms with van der Waals surface area (Å²) < 4.78 is 18.5. The van der Waals surface area contributed by atoms with Crippen LogP contribution in [-0.2, 0) is 6.42 Å². The molecule has 0 aliphatic rings. The Morgan fingerprint density at radius 1 is 1.37 bits per heavy atom. The van der Waals surface area contributed by atoms with Crippen LogP contribution in [-0.4, -0.2) is 12.1 Å². The highest BCUT2D eigenvalue weighted by Gasteiger charge is 2.12. The van der Waals surface area contributed by atoms with Gasteiger partial charge in [-0.25, -0.2) is 4.39 Å². The van der Waals surface area contributed by atoms with Crippen LogP contribution >= 0.6 is 0 Å². The SMILES string of the molecule is COc1ccc(CC(N)c2ncccc2C)cc1F. The maximum Gasteiger partial charge on any atom is 0.165 e. The molecule has 0 amide bonds. The first-order chi connectivity index (χ1) is 9.11. The maximum absolute atomic E-state index is 13.6. The Labute approximate surface area is 112 Å². The molecule has 2 rings (SSSR count). The number of pyridine rings is 1. The van der Waals surface area contributed by atoms with Gasteiger partial charge in [-0.2, -0.15) is 0 Å². The zero-order valence-corrected chi connectivity index (χ0v) is 11.1. The largest absolute Gasteiger partial charge is 0.494 e. The third-order valence-electron chi connectivity index (χ3n) is 3.07. The van der Waals surface area contributed by atoms with E-state index in [2.05, 4.69) is 4.98 Å². The van der Waals surface area contributed by atoms with Crippen molar-refractivity contribution in [3.05, 3.63) is 59.2 Å². The highest BCUT2D eigenvalue weighted by Crippen LogP contribution is 2.22. The maximum atomic E-state index is 13.6. The number of rotatable bonds is 4. The van der Waals surface area contributed by atoms with Crippen LogP contribution in [0.5, 0.6) is 5.75 Å². The molecular weight excluding hydrogens is 243 g/mol. The van der Waals surface area contributed by atoms with Gasteiger partial charge in [0, 0.05) is 6.20 Å². The molecule has 0 radical (unpaired) electrons. The van der Waals surface area contributed by atoms with Crippen LogP contribution in [0.1, 0.15) is 22.9 Å². The minimum atomic E-state index is -0.370. The first-order valence-electron chi connectivity index (χ1n) is 6.11. The number of hydrogen-bond acceptors (Lipinski definition) is 3. The van der Waals surface area contributed by atoms with Crippen molar-refractivity contribution in [2.75, 3.05) is 7.11 Å². The van der Waals surface area contributed by atoms with Crippen molar-refractivity contribution in [3.8, 4) is 5.75 Å². The average Bonchev–Trinajstić information content (AvgIpc) is 2.39. The van der Waals surface area contributed by atoms with E-state index in [0.717, 1.165) is 16.8 Å². The quantitative estimate of drug-likeness (QED) is 0.919. The van der Waals surface area contributed by atoms with Gasteiger partial charge in [-0.1, -0.05) is 12.1 Å². The molecule has 1 unspecified atom stereocenters. The average molecular weight is 260 g/mol.